The molecule has 0 bridgehead atoms. The van der Waals surface area contributed by atoms with Gasteiger partial charge >= 0.3 is 0 Å². The van der Waals surface area contributed by atoms with E-state index in [4.69, 9.17) is 16.6 Å². The summed E-state index contributed by atoms with van der Waals surface area (Å²) in [4.78, 5) is 14.0. The van der Waals surface area contributed by atoms with Crippen LogP contribution in [0.15, 0.2) is 109 Å². The average Bonchev–Trinajstić information content (AvgIpc) is 3.45. The molecule has 1 saturated heterocycles. The minimum absolute atomic E-state index is 0.203. The Morgan fingerprint density at radius 2 is 1.25 bits per heavy atom. The Labute approximate surface area is 242 Å². The van der Waals surface area contributed by atoms with Crippen molar-refractivity contribution in [2.45, 2.75) is 25.9 Å². The molecule has 2 unspecified atom stereocenters. The summed E-state index contributed by atoms with van der Waals surface area (Å²) < 4.78 is 0. The Bertz CT molecular complexity index is 1520. The number of benzene rings is 4. The number of hydrogen-bond acceptors (Lipinski definition) is 3. The van der Waals surface area contributed by atoms with Crippen LogP contribution in [0.4, 0.5) is 0 Å². The van der Waals surface area contributed by atoms with Crippen molar-refractivity contribution in [2.24, 2.45) is 0 Å². The van der Waals surface area contributed by atoms with Crippen molar-refractivity contribution in [2.75, 3.05) is 26.2 Å². The van der Waals surface area contributed by atoms with Gasteiger partial charge in [-0.05, 0) is 37.1 Å². The van der Waals surface area contributed by atoms with E-state index in [2.05, 4.69) is 120 Å². The summed E-state index contributed by atoms with van der Waals surface area (Å²) in [6.45, 7) is 8.34. The van der Waals surface area contributed by atoms with E-state index in [1.807, 2.05) is 18.2 Å². The van der Waals surface area contributed by atoms with Crippen LogP contribution in [0.3, 0.4) is 0 Å². The van der Waals surface area contributed by atoms with Crippen LogP contribution in [0.5, 0.6) is 0 Å². The number of hydrogen-bond donors (Lipinski definition) is 1. The molecule has 1 aliphatic rings. The second-order valence-corrected chi connectivity index (χ2v) is 11.1. The monoisotopic (exact) mass is 546 g/mol. The molecule has 4 aromatic carbocycles. The zero-order valence-corrected chi connectivity index (χ0v) is 23.9. The molecule has 1 N–H and O–H groups in total. The van der Waals surface area contributed by atoms with Crippen molar-refractivity contribution in [1.29, 1.82) is 0 Å². The van der Waals surface area contributed by atoms with Crippen LogP contribution in [0.25, 0.3) is 22.6 Å². The third kappa shape index (κ3) is 5.62. The number of aryl methyl sites for hydroxylation is 1. The zero-order valence-electron chi connectivity index (χ0n) is 23.1. The molecule has 0 amide bonds. The molecule has 5 aromatic rings. The molecule has 40 heavy (non-hydrogen) atoms. The van der Waals surface area contributed by atoms with Gasteiger partial charge in [-0.15, -0.1) is 0 Å². The molecular formula is C35H35ClN4. The summed E-state index contributed by atoms with van der Waals surface area (Å²) >= 11 is 6.24. The second kappa shape index (κ2) is 11.8. The van der Waals surface area contributed by atoms with Crippen molar-refractivity contribution in [3.63, 3.8) is 0 Å². The molecule has 4 nitrogen and oxygen atoms in total. The van der Waals surface area contributed by atoms with E-state index < -0.39 is 0 Å². The Morgan fingerprint density at radius 1 is 0.675 bits per heavy atom. The number of aromatic nitrogens is 2. The maximum absolute atomic E-state index is 6.24. The Balaban J connectivity index is 1.26. The fraction of sp³-hybridized carbons (Fsp3) is 0.229. The highest BCUT2D eigenvalue weighted by molar-refractivity contribution is 6.30. The normalized spacial score (nSPS) is 16.1. The van der Waals surface area contributed by atoms with Crippen LogP contribution < -0.4 is 0 Å². The molecule has 0 aliphatic carbocycles. The fourth-order valence-corrected chi connectivity index (χ4v) is 5.94. The van der Waals surface area contributed by atoms with Crippen LogP contribution in [-0.4, -0.2) is 45.9 Å². The molecule has 202 valence electrons. The van der Waals surface area contributed by atoms with Crippen molar-refractivity contribution < 1.29 is 0 Å². The Hall–Kier alpha value is -3.70. The fourth-order valence-electron chi connectivity index (χ4n) is 5.81. The van der Waals surface area contributed by atoms with Gasteiger partial charge < -0.3 is 4.98 Å². The van der Waals surface area contributed by atoms with Gasteiger partial charge in [0.2, 0.25) is 0 Å². The standard InChI is InChI=1S/C35H35ClN4/c1-25-13-15-27(16-14-25)33-32(37-35(38-33)30-11-7-4-8-12-30)26(2)39-21-23-40(24-22-39)34(28-9-5-3-6-10-28)29-17-19-31(36)20-18-29/h3-20,26,34H,21-24H2,1-2H3,(H,37,38). The SMILES string of the molecule is Cc1ccc(-c2nc(-c3ccccc3)[nH]c2C(C)N2CCN(C(c3ccccc3)c3ccc(Cl)cc3)CC2)cc1. The van der Waals surface area contributed by atoms with Gasteiger partial charge in [-0.2, -0.15) is 0 Å². The van der Waals surface area contributed by atoms with Gasteiger partial charge in [0, 0.05) is 48.4 Å². The smallest absolute Gasteiger partial charge is 0.138 e. The molecule has 0 saturated carbocycles. The topological polar surface area (TPSA) is 35.2 Å². The summed E-state index contributed by atoms with van der Waals surface area (Å²) in [5, 5.41) is 0.771. The number of halogens is 1. The molecule has 0 radical (unpaired) electrons. The lowest BCUT2D eigenvalue weighted by Gasteiger charge is -2.41. The predicted molar refractivity (Wildman–Crippen MR) is 165 cm³/mol. The average molecular weight is 547 g/mol. The van der Waals surface area contributed by atoms with Crippen LogP contribution in [0.2, 0.25) is 5.02 Å². The van der Waals surface area contributed by atoms with Gasteiger partial charge in [0.1, 0.15) is 5.82 Å². The second-order valence-electron chi connectivity index (χ2n) is 10.7. The predicted octanol–water partition coefficient (Wildman–Crippen LogP) is 8.17. The maximum atomic E-state index is 6.24. The largest absolute Gasteiger partial charge is 0.340 e. The van der Waals surface area contributed by atoms with Crippen molar-refractivity contribution in [1.82, 2.24) is 19.8 Å². The minimum atomic E-state index is 0.203. The quantitative estimate of drug-likeness (QED) is 0.223. The highest BCUT2D eigenvalue weighted by Crippen LogP contribution is 2.35. The van der Waals surface area contributed by atoms with Gasteiger partial charge in [-0.25, -0.2) is 4.98 Å². The molecule has 1 aliphatic heterocycles. The number of rotatable bonds is 7. The van der Waals surface area contributed by atoms with E-state index in [0.717, 1.165) is 53.8 Å². The van der Waals surface area contributed by atoms with E-state index in [1.54, 1.807) is 0 Å². The molecule has 1 aromatic heterocycles. The highest BCUT2D eigenvalue weighted by Gasteiger charge is 2.30. The van der Waals surface area contributed by atoms with Crippen LogP contribution in [0, 0.1) is 6.92 Å². The van der Waals surface area contributed by atoms with E-state index in [1.165, 1.54) is 22.4 Å². The first kappa shape index (κ1) is 26.5. The van der Waals surface area contributed by atoms with Crippen molar-refractivity contribution >= 4 is 11.6 Å². The van der Waals surface area contributed by atoms with Crippen molar-refractivity contribution in [3.05, 3.63) is 137 Å². The molecule has 1 fully saturated rings. The minimum Gasteiger partial charge on any atom is -0.340 e. The van der Waals surface area contributed by atoms with Gasteiger partial charge in [0.05, 0.1) is 17.4 Å². The first-order valence-electron chi connectivity index (χ1n) is 14.1. The van der Waals surface area contributed by atoms with E-state index in [0.29, 0.717) is 0 Å². The maximum Gasteiger partial charge on any atom is 0.138 e. The number of aromatic amines is 1. The molecule has 5 heteroatoms. The summed E-state index contributed by atoms with van der Waals surface area (Å²) in [7, 11) is 0. The number of piperazine rings is 1. The lowest BCUT2D eigenvalue weighted by molar-refractivity contribution is 0.0829. The first-order chi connectivity index (χ1) is 19.6. The summed E-state index contributed by atoms with van der Waals surface area (Å²) in [6.07, 6.45) is 0. The molecular weight excluding hydrogens is 512 g/mol. The molecule has 6 rings (SSSR count). The molecule has 0 spiro atoms. The lowest BCUT2D eigenvalue weighted by atomic mass is 9.96. The van der Waals surface area contributed by atoms with Gasteiger partial charge in [-0.3, -0.25) is 9.80 Å². The summed E-state index contributed by atoms with van der Waals surface area (Å²) in [5.41, 5.74) is 8.31. The number of nitrogens with zero attached hydrogens (tertiary/aromatic N) is 3. The number of H-pyrrole nitrogens is 1. The summed E-state index contributed by atoms with van der Waals surface area (Å²) in [6, 6.07) is 38.7. The Morgan fingerprint density at radius 3 is 1.90 bits per heavy atom. The van der Waals surface area contributed by atoms with Gasteiger partial charge in [0.15, 0.2) is 0 Å². The van der Waals surface area contributed by atoms with E-state index in [-0.39, 0.29) is 12.1 Å². The third-order valence-corrected chi connectivity index (χ3v) is 8.34. The molecule has 2 heterocycles. The summed E-state index contributed by atoms with van der Waals surface area (Å²) in [5.74, 6) is 0.920. The lowest BCUT2D eigenvalue weighted by Crippen LogP contribution is -2.48. The van der Waals surface area contributed by atoms with Crippen LogP contribution in [0.1, 0.15) is 41.4 Å². The Kier molecular flexibility index (Phi) is 7.83. The highest BCUT2D eigenvalue weighted by atomic mass is 35.5. The number of imidazole rings is 1. The van der Waals surface area contributed by atoms with Crippen LogP contribution >= 0.6 is 11.6 Å². The third-order valence-electron chi connectivity index (χ3n) is 8.08. The van der Waals surface area contributed by atoms with Crippen LogP contribution in [-0.2, 0) is 0 Å². The van der Waals surface area contributed by atoms with Gasteiger partial charge in [-0.1, -0.05) is 114 Å². The van der Waals surface area contributed by atoms with E-state index in [9.17, 15) is 0 Å². The van der Waals surface area contributed by atoms with Gasteiger partial charge in [0.25, 0.3) is 0 Å². The van der Waals surface area contributed by atoms with E-state index >= 15 is 0 Å². The zero-order chi connectivity index (χ0) is 27.5. The first-order valence-corrected chi connectivity index (χ1v) is 14.5. The van der Waals surface area contributed by atoms with Crippen molar-refractivity contribution in [3.8, 4) is 22.6 Å². The number of nitrogens with one attached hydrogen (secondary N) is 1. The molecule has 2 atom stereocenters.